The van der Waals surface area contributed by atoms with E-state index in [0.717, 1.165) is 39.3 Å². The first kappa shape index (κ1) is 20.9. The van der Waals surface area contributed by atoms with Crippen molar-refractivity contribution in [3.63, 3.8) is 0 Å². The number of aromatic nitrogens is 1. The van der Waals surface area contributed by atoms with Gasteiger partial charge in [0.15, 0.2) is 5.13 Å². The summed E-state index contributed by atoms with van der Waals surface area (Å²) in [6.07, 6.45) is 0. The van der Waals surface area contributed by atoms with Crippen LogP contribution in [-0.2, 0) is 10.2 Å². The lowest BCUT2D eigenvalue weighted by Gasteiger charge is -2.34. The van der Waals surface area contributed by atoms with Crippen LogP contribution in [0.5, 0.6) is 0 Å². The van der Waals surface area contributed by atoms with Crippen molar-refractivity contribution >= 4 is 41.3 Å². The van der Waals surface area contributed by atoms with E-state index in [2.05, 4.69) is 36.0 Å². The molecular weight excluding hydrogens is 329 g/mol. The second-order valence-electron chi connectivity index (χ2n) is 6.09. The van der Waals surface area contributed by atoms with Crippen LogP contribution in [0.25, 0.3) is 0 Å². The Morgan fingerprint density at radius 1 is 1.19 bits per heavy atom. The molecule has 21 heavy (non-hydrogen) atoms. The van der Waals surface area contributed by atoms with Gasteiger partial charge >= 0.3 is 0 Å². The van der Waals surface area contributed by atoms with Crippen molar-refractivity contribution in [1.82, 2.24) is 9.88 Å². The molecule has 0 aromatic carbocycles. The minimum atomic E-state index is 0. The Morgan fingerprint density at radius 2 is 1.81 bits per heavy atom. The van der Waals surface area contributed by atoms with E-state index in [0.29, 0.717) is 0 Å². The highest BCUT2D eigenvalue weighted by Crippen LogP contribution is 2.28. The minimum absolute atomic E-state index is 0. The third-order valence-electron chi connectivity index (χ3n) is 3.51. The lowest BCUT2D eigenvalue weighted by molar-refractivity contribution is 0.144. The van der Waals surface area contributed by atoms with Crippen LogP contribution in [0.4, 0.5) is 5.13 Å². The fourth-order valence-electron chi connectivity index (χ4n) is 2.14. The summed E-state index contributed by atoms with van der Waals surface area (Å²) in [6, 6.07) is 0. The Balaban J connectivity index is 0.00000200. The smallest absolute Gasteiger partial charge is 0.185 e. The van der Waals surface area contributed by atoms with Gasteiger partial charge in [-0.1, -0.05) is 20.8 Å². The summed E-state index contributed by atoms with van der Waals surface area (Å²) in [4.78, 5) is 9.66. The van der Waals surface area contributed by atoms with Crippen molar-refractivity contribution in [2.45, 2.75) is 26.2 Å². The summed E-state index contributed by atoms with van der Waals surface area (Å²) in [5, 5.41) is 3.38. The summed E-state index contributed by atoms with van der Waals surface area (Å²) < 4.78 is 5.13. The molecule has 0 saturated carbocycles. The molecule has 1 aromatic heterocycles. The quantitative estimate of drug-likeness (QED) is 0.829. The van der Waals surface area contributed by atoms with Gasteiger partial charge in [-0.3, -0.25) is 4.90 Å². The van der Waals surface area contributed by atoms with Gasteiger partial charge in [0.2, 0.25) is 0 Å². The predicted octanol–water partition coefficient (Wildman–Crippen LogP) is 3.05. The number of halogens is 2. The molecule has 1 aromatic rings. The van der Waals surface area contributed by atoms with Crippen LogP contribution in [0.1, 0.15) is 26.5 Å². The summed E-state index contributed by atoms with van der Waals surface area (Å²) in [5.41, 5.74) is 1.35. The fraction of sp³-hybridized carbons (Fsp3) is 0.786. The number of methoxy groups -OCH3 is 1. The molecule has 0 amide bonds. The van der Waals surface area contributed by atoms with E-state index in [1.807, 2.05) is 0 Å². The number of ether oxygens (including phenoxy) is 1. The number of hydrogen-bond donors (Lipinski definition) is 0. The van der Waals surface area contributed by atoms with Gasteiger partial charge in [0.1, 0.15) is 0 Å². The molecule has 124 valence electrons. The molecule has 1 fully saturated rings. The van der Waals surface area contributed by atoms with Gasteiger partial charge in [0.05, 0.1) is 12.3 Å². The van der Waals surface area contributed by atoms with Crippen molar-refractivity contribution in [2.24, 2.45) is 0 Å². The molecule has 2 heterocycles. The zero-order valence-electron chi connectivity index (χ0n) is 13.3. The predicted molar refractivity (Wildman–Crippen MR) is 95.8 cm³/mol. The molecule has 0 bridgehead atoms. The second-order valence-corrected chi connectivity index (χ2v) is 6.92. The van der Waals surface area contributed by atoms with Gasteiger partial charge in [0.25, 0.3) is 0 Å². The highest BCUT2D eigenvalue weighted by atomic mass is 35.5. The van der Waals surface area contributed by atoms with E-state index in [9.17, 15) is 0 Å². The Kier molecular flexibility index (Phi) is 9.12. The van der Waals surface area contributed by atoms with Gasteiger partial charge in [-0.05, 0) is 0 Å². The van der Waals surface area contributed by atoms with Crippen molar-refractivity contribution in [2.75, 3.05) is 51.3 Å². The van der Waals surface area contributed by atoms with Crippen LogP contribution in [-0.4, -0.2) is 56.3 Å². The number of thiazole rings is 1. The number of piperazine rings is 1. The van der Waals surface area contributed by atoms with Gasteiger partial charge in [-0.15, -0.1) is 36.2 Å². The van der Waals surface area contributed by atoms with E-state index in [-0.39, 0.29) is 30.2 Å². The minimum Gasteiger partial charge on any atom is -0.383 e. The monoisotopic (exact) mass is 355 g/mol. The van der Waals surface area contributed by atoms with E-state index in [1.165, 1.54) is 10.8 Å². The molecule has 0 N–H and O–H groups in total. The maximum atomic E-state index is 5.13. The van der Waals surface area contributed by atoms with Crippen LogP contribution < -0.4 is 4.90 Å². The summed E-state index contributed by atoms with van der Waals surface area (Å²) in [5.74, 6) is 0. The zero-order valence-corrected chi connectivity index (χ0v) is 15.7. The van der Waals surface area contributed by atoms with Crippen molar-refractivity contribution in [3.8, 4) is 0 Å². The van der Waals surface area contributed by atoms with Gasteiger partial charge in [-0.2, -0.15) is 0 Å². The Morgan fingerprint density at radius 3 is 2.29 bits per heavy atom. The largest absolute Gasteiger partial charge is 0.383 e. The average Bonchev–Trinajstić information content (AvgIpc) is 2.86. The second kappa shape index (κ2) is 9.16. The van der Waals surface area contributed by atoms with Crippen LogP contribution in [0.15, 0.2) is 5.38 Å². The molecule has 0 unspecified atom stereocenters. The third-order valence-corrected chi connectivity index (χ3v) is 4.42. The van der Waals surface area contributed by atoms with E-state index >= 15 is 0 Å². The molecule has 0 radical (unpaired) electrons. The van der Waals surface area contributed by atoms with Crippen LogP contribution in [0.2, 0.25) is 0 Å². The van der Waals surface area contributed by atoms with Crippen molar-refractivity contribution < 1.29 is 4.74 Å². The standard InChI is InChI=1S/C14H25N3OS.2ClH/c1-14(2,3)12-11-19-13(15-12)17-7-5-16(6-8-17)9-10-18-4;;/h11H,5-10H2,1-4H3;2*1H. The number of nitrogens with zero attached hydrogens (tertiary/aromatic N) is 3. The topological polar surface area (TPSA) is 28.6 Å². The first-order chi connectivity index (χ1) is 9.00. The Labute approximate surface area is 144 Å². The maximum absolute atomic E-state index is 5.13. The molecule has 0 spiro atoms. The molecular formula is C14H27Cl2N3OS. The van der Waals surface area contributed by atoms with Crippen molar-refractivity contribution in [3.05, 3.63) is 11.1 Å². The third kappa shape index (κ3) is 5.91. The normalized spacial score (nSPS) is 16.3. The van der Waals surface area contributed by atoms with E-state index < -0.39 is 0 Å². The Hall–Kier alpha value is -0.0700. The van der Waals surface area contributed by atoms with Gasteiger partial charge in [0, 0.05) is 50.6 Å². The highest BCUT2D eigenvalue weighted by Gasteiger charge is 2.22. The highest BCUT2D eigenvalue weighted by molar-refractivity contribution is 7.13. The fourth-order valence-corrected chi connectivity index (χ4v) is 3.24. The molecule has 1 aliphatic rings. The SMILES string of the molecule is COCCN1CCN(c2nc(C(C)(C)C)cs2)CC1.Cl.Cl. The molecule has 2 rings (SSSR count). The summed E-state index contributed by atoms with van der Waals surface area (Å²) in [7, 11) is 1.76. The lowest BCUT2D eigenvalue weighted by Crippen LogP contribution is -2.47. The first-order valence-corrected chi connectivity index (χ1v) is 7.81. The number of hydrogen-bond acceptors (Lipinski definition) is 5. The number of anilines is 1. The average molecular weight is 356 g/mol. The first-order valence-electron chi connectivity index (χ1n) is 6.93. The maximum Gasteiger partial charge on any atom is 0.185 e. The van der Waals surface area contributed by atoms with Crippen molar-refractivity contribution in [1.29, 1.82) is 0 Å². The molecule has 1 saturated heterocycles. The van der Waals surface area contributed by atoms with Crippen LogP contribution in [0, 0.1) is 0 Å². The van der Waals surface area contributed by atoms with E-state index in [1.54, 1.807) is 18.4 Å². The van der Waals surface area contributed by atoms with E-state index in [4.69, 9.17) is 9.72 Å². The van der Waals surface area contributed by atoms with Crippen LogP contribution >= 0.6 is 36.2 Å². The molecule has 0 atom stereocenters. The molecule has 0 aliphatic carbocycles. The molecule has 4 nitrogen and oxygen atoms in total. The Bertz CT molecular complexity index is 401. The van der Waals surface area contributed by atoms with Gasteiger partial charge in [-0.25, -0.2) is 4.98 Å². The zero-order chi connectivity index (χ0) is 13.9. The van der Waals surface area contributed by atoms with Crippen LogP contribution in [0.3, 0.4) is 0 Å². The number of rotatable bonds is 4. The summed E-state index contributed by atoms with van der Waals surface area (Å²) in [6.45, 7) is 12.9. The summed E-state index contributed by atoms with van der Waals surface area (Å²) >= 11 is 1.77. The van der Waals surface area contributed by atoms with Gasteiger partial charge < -0.3 is 9.64 Å². The molecule has 1 aliphatic heterocycles. The lowest BCUT2D eigenvalue weighted by atomic mass is 9.93. The molecule has 7 heteroatoms.